The number of anilines is 1. The Hall–Kier alpha value is -3.47. The minimum Gasteiger partial charge on any atom is -0.457 e. The van der Waals surface area contributed by atoms with E-state index in [0.717, 1.165) is 22.4 Å². The predicted octanol–water partition coefficient (Wildman–Crippen LogP) is 7.89. The molecule has 6 heteroatoms. The van der Waals surface area contributed by atoms with E-state index in [2.05, 4.69) is 5.32 Å². The van der Waals surface area contributed by atoms with Crippen molar-refractivity contribution in [2.24, 2.45) is 0 Å². The van der Waals surface area contributed by atoms with E-state index in [-0.39, 0.29) is 0 Å². The lowest BCUT2D eigenvalue weighted by Crippen LogP contribution is -2.37. The molecule has 0 fully saturated rings. The quantitative estimate of drug-likeness (QED) is 0.289. The van der Waals surface area contributed by atoms with Gasteiger partial charge in [0.2, 0.25) is 5.72 Å². The van der Waals surface area contributed by atoms with Gasteiger partial charge in [-0.25, -0.2) is 4.79 Å². The first-order valence-electron chi connectivity index (χ1n) is 10.8. The molecule has 1 aliphatic heterocycles. The number of esters is 1. The molecule has 4 aromatic carbocycles. The van der Waals surface area contributed by atoms with E-state index < -0.39 is 11.7 Å². The maximum atomic E-state index is 12.9. The number of rotatable bonds is 5. The van der Waals surface area contributed by atoms with Gasteiger partial charge in [0.1, 0.15) is 11.5 Å². The molecule has 1 unspecified atom stereocenters. The number of benzene rings is 4. The molecule has 1 heterocycles. The zero-order valence-corrected chi connectivity index (χ0v) is 20.1. The van der Waals surface area contributed by atoms with Gasteiger partial charge in [0.15, 0.2) is 0 Å². The molecule has 1 N–H and O–H groups in total. The van der Waals surface area contributed by atoms with Gasteiger partial charge < -0.3 is 14.8 Å². The van der Waals surface area contributed by atoms with Crippen molar-refractivity contribution in [1.82, 2.24) is 0 Å². The molecule has 0 aliphatic carbocycles. The van der Waals surface area contributed by atoms with Crippen molar-refractivity contribution >= 4 is 34.9 Å². The Balaban J connectivity index is 1.53. The summed E-state index contributed by atoms with van der Waals surface area (Å²) in [5, 5.41) is 4.55. The van der Waals surface area contributed by atoms with Gasteiger partial charge in [-0.1, -0.05) is 41.4 Å². The summed E-state index contributed by atoms with van der Waals surface area (Å²) in [6.45, 7) is 4.07. The van der Waals surface area contributed by atoms with Crippen molar-refractivity contribution in [2.75, 3.05) is 5.32 Å². The zero-order valence-electron chi connectivity index (χ0n) is 18.6. The van der Waals surface area contributed by atoms with Crippen molar-refractivity contribution in [2.45, 2.75) is 19.6 Å². The van der Waals surface area contributed by atoms with Gasteiger partial charge >= 0.3 is 5.97 Å². The Morgan fingerprint density at radius 3 is 2.18 bits per heavy atom. The van der Waals surface area contributed by atoms with E-state index in [1.165, 1.54) is 0 Å². The second-order valence-electron chi connectivity index (χ2n) is 8.24. The van der Waals surface area contributed by atoms with E-state index in [9.17, 15) is 4.79 Å². The summed E-state index contributed by atoms with van der Waals surface area (Å²) in [7, 11) is 0. The Morgan fingerprint density at radius 2 is 1.50 bits per heavy atom. The van der Waals surface area contributed by atoms with Gasteiger partial charge in [-0.3, -0.25) is 0 Å². The number of nitrogens with one attached hydrogen (secondary N) is 1. The van der Waals surface area contributed by atoms with E-state index >= 15 is 0 Å². The van der Waals surface area contributed by atoms with E-state index in [0.29, 0.717) is 32.7 Å². The van der Waals surface area contributed by atoms with Crippen molar-refractivity contribution in [3.63, 3.8) is 0 Å². The molecule has 0 saturated heterocycles. The van der Waals surface area contributed by atoms with Gasteiger partial charge in [0, 0.05) is 16.3 Å². The molecule has 0 aromatic heterocycles. The first-order valence-corrected chi connectivity index (χ1v) is 11.5. The van der Waals surface area contributed by atoms with Crippen LogP contribution in [0, 0.1) is 13.8 Å². The Morgan fingerprint density at radius 1 is 0.824 bits per heavy atom. The fourth-order valence-corrected chi connectivity index (χ4v) is 4.50. The highest BCUT2D eigenvalue weighted by molar-refractivity contribution is 6.32. The number of halogens is 2. The monoisotopic (exact) mass is 489 g/mol. The van der Waals surface area contributed by atoms with Crippen LogP contribution in [0.3, 0.4) is 0 Å². The van der Waals surface area contributed by atoms with Crippen molar-refractivity contribution < 1.29 is 14.3 Å². The number of fused-ring (bicyclic) bond motifs is 1. The molecule has 170 valence electrons. The topological polar surface area (TPSA) is 47.6 Å². The summed E-state index contributed by atoms with van der Waals surface area (Å²) in [5.74, 6) is 0.919. The van der Waals surface area contributed by atoms with Crippen LogP contribution in [-0.4, -0.2) is 5.97 Å². The van der Waals surface area contributed by atoms with Crippen LogP contribution in [0.5, 0.6) is 11.5 Å². The summed E-state index contributed by atoms with van der Waals surface area (Å²) in [4.78, 5) is 12.9. The maximum Gasteiger partial charge on any atom is 0.341 e. The highest BCUT2D eigenvalue weighted by Gasteiger charge is 2.49. The van der Waals surface area contributed by atoms with Gasteiger partial charge in [-0.15, -0.1) is 0 Å². The largest absolute Gasteiger partial charge is 0.457 e. The van der Waals surface area contributed by atoms with Crippen LogP contribution in [0.4, 0.5) is 5.69 Å². The average molecular weight is 490 g/mol. The van der Waals surface area contributed by atoms with Crippen LogP contribution in [0.15, 0.2) is 84.9 Å². The number of cyclic esters (lactones) is 1. The molecule has 0 spiro atoms. The van der Waals surface area contributed by atoms with E-state index in [1.807, 2.05) is 56.3 Å². The summed E-state index contributed by atoms with van der Waals surface area (Å²) in [6.07, 6.45) is 0. The molecule has 4 aromatic rings. The predicted molar refractivity (Wildman–Crippen MR) is 135 cm³/mol. The van der Waals surface area contributed by atoms with Gasteiger partial charge in [0.05, 0.1) is 16.1 Å². The number of aryl methyl sites for hydroxylation is 2. The number of carbonyl (C=O) groups excluding carboxylic acids is 1. The van der Waals surface area contributed by atoms with Crippen LogP contribution in [0.1, 0.15) is 32.6 Å². The smallest absolute Gasteiger partial charge is 0.341 e. The number of carbonyl (C=O) groups is 1. The van der Waals surface area contributed by atoms with Crippen molar-refractivity contribution in [3.05, 3.63) is 123 Å². The lowest BCUT2D eigenvalue weighted by molar-refractivity contribution is 0.0212. The third-order valence-corrected chi connectivity index (χ3v) is 6.54. The lowest BCUT2D eigenvalue weighted by atomic mass is 9.90. The molecule has 1 aliphatic rings. The first kappa shape index (κ1) is 22.3. The van der Waals surface area contributed by atoms with Crippen LogP contribution < -0.4 is 10.1 Å². The van der Waals surface area contributed by atoms with Gasteiger partial charge in [-0.2, -0.15) is 0 Å². The third kappa shape index (κ3) is 4.00. The molecule has 0 amide bonds. The summed E-state index contributed by atoms with van der Waals surface area (Å²) < 4.78 is 11.9. The molecular weight excluding hydrogens is 469 g/mol. The van der Waals surface area contributed by atoms with Crippen molar-refractivity contribution in [1.29, 1.82) is 0 Å². The van der Waals surface area contributed by atoms with E-state index in [4.69, 9.17) is 32.7 Å². The standard InChI is InChI=1S/C28H21Cl2NO3/c1-17-6-7-19(16-18(17)2)28(26-24(27(32)34-28)4-3-5-25(26)30)31-21-10-14-23(15-11-21)33-22-12-8-20(29)9-13-22/h3-16,31H,1-2H3. The highest BCUT2D eigenvalue weighted by Crippen LogP contribution is 2.46. The minimum absolute atomic E-state index is 0.425. The second-order valence-corrected chi connectivity index (χ2v) is 9.08. The molecule has 4 nitrogen and oxygen atoms in total. The normalized spacial score (nSPS) is 16.6. The Kier molecular flexibility index (Phi) is 5.72. The first-order chi connectivity index (χ1) is 16.4. The van der Waals surface area contributed by atoms with Crippen molar-refractivity contribution in [3.8, 4) is 11.5 Å². The fraction of sp³-hybridized carbons (Fsp3) is 0.107. The SMILES string of the molecule is Cc1ccc(C2(Nc3ccc(Oc4ccc(Cl)cc4)cc3)OC(=O)c3cccc(Cl)c32)cc1C. The van der Waals surface area contributed by atoms with Gasteiger partial charge in [-0.05, 0) is 91.7 Å². The highest BCUT2D eigenvalue weighted by atomic mass is 35.5. The summed E-state index contributed by atoms with van der Waals surface area (Å²) in [5.41, 5.74) is 3.54. The Bertz CT molecular complexity index is 1380. The molecule has 34 heavy (non-hydrogen) atoms. The molecule has 0 radical (unpaired) electrons. The molecule has 1 atom stereocenters. The number of hydrogen-bond acceptors (Lipinski definition) is 4. The van der Waals surface area contributed by atoms with Crippen LogP contribution in [0.2, 0.25) is 10.0 Å². The van der Waals surface area contributed by atoms with E-state index in [1.54, 1.807) is 42.5 Å². The third-order valence-electron chi connectivity index (χ3n) is 5.97. The second kappa shape index (κ2) is 8.71. The molecular formula is C28H21Cl2NO3. The lowest BCUT2D eigenvalue weighted by Gasteiger charge is -2.32. The molecule has 5 rings (SSSR count). The number of hydrogen-bond donors (Lipinski definition) is 1. The average Bonchev–Trinajstić information content (AvgIpc) is 3.12. The van der Waals surface area contributed by atoms with Gasteiger partial charge in [0.25, 0.3) is 0 Å². The minimum atomic E-state index is -1.26. The number of ether oxygens (including phenoxy) is 2. The zero-order chi connectivity index (χ0) is 23.9. The fourth-order valence-electron chi connectivity index (χ4n) is 4.07. The molecule has 0 saturated carbocycles. The summed E-state index contributed by atoms with van der Waals surface area (Å²) in [6, 6.07) is 25.8. The Labute approximate surface area is 208 Å². The van der Waals surface area contributed by atoms with Crippen LogP contribution in [0.25, 0.3) is 0 Å². The van der Waals surface area contributed by atoms with Crippen LogP contribution >= 0.6 is 23.2 Å². The maximum absolute atomic E-state index is 12.9. The summed E-state index contributed by atoms with van der Waals surface area (Å²) >= 11 is 12.6. The molecule has 0 bridgehead atoms. The van der Waals surface area contributed by atoms with Crippen LogP contribution in [-0.2, 0) is 10.5 Å².